The first-order chi connectivity index (χ1) is 15.3. The predicted molar refractivity (Wildman–Crippen MR) is 120 cm³/mol. The van der Waals surface area contributed by atoms with Crippen LogP contribution in [0.4, 0.5) is 17.1 Å². The molecule has 0 radical (unpaired) electrons. The third kappa shape index (κ3) is 4.62. The molecule has 152 valence electrons. The van der Waals surface area contributed by atoms with Gasteiger partial charge in [0.2, 0.25) is 0 Å². The minimum Gasteiger partial charge on any atom is -0.429 e. The molecular weight excluding hydrogens is 390 g/mol. The lowest BCUT2D eigenvalue weighted by Gasteiger charge is -2.26. The van der Waals surface area contributed by atoms with Crippen LogP contribution >= 0.6 is 0 Å². The largest absolute Gasteiger partial charge is 0.429 e. The molecule has 0 aliphatic heterocycles. The van der Waals surface area contributed by atoms with Crippen molar-refractivity contribution in [1.29, 1.82) is 0 Å². The zero-order valence-electron chi connectivity index (χ0n) is 16.5. The van der Waals surface area contributed by atoms with Crippen molar-refractivity contribution in [3.05, 3.63) is 103 Å². The highest BCUT2D eigenvalue weighted by Crippen LogP contribution is 2.36. The molecule has 4 aromatic rings. The number of carbonyl (C=O) groups is 2. The average molecular weight is 409 g/mol. The Morgan fingerprint density at radius 1 is 0.484 bits per heavy atom. The predicted octanol–water partition coefficient (Wildman–Crippen LogP) is 5.89. The second-order valence-electron chi connectivity index (χ2n) is 6.66. The number of hydrogen-bond donors (Lipinski definition) is 0. The van der Waals surface area contributed by atoms with Crippen LogP contribution in [0, 0.1) is 0 Å². The maximum Gasteiger partial charge on any atom is 0.298 e. The molecule has 0 aliphatic carbocycles. The zero-order chi connectivity index (χ0) is 21.5. The summed E-state index contributed by atoms with van der Waals surface area (Å²) in [5.41, 5.74) is 4.98. The van der Waals surface area contributed by atoms with Gasteiger partial charge in [0.25, 0.3) is 12.9 Å². The van der Waals surface area contributed by atoms with Gasteiger partial charge in [0.15, 0.2) is 0 Å². The molecule has 4 rings (SSSR count). The Kier molecular flexibility index (Phi) is 6.05. The van der Waals surface area contributed by atoms with Gasteiger partial charge in [-0.05, 0) is 71.8 Å². The fourth-order valence-electron chi connectivity index (χ4n) is 3.34. The van der Waals surface area contributed by atoms with Crippen molar-refractivity contribution in [1.82, 2.24) is 0 Å². The summed E-state index contributed by atoms with van der Waals surface area (Å²) in [4.78, 5) is 23.3. The van der Waals surface area contributed by atoms with Crippen molar-refractivity contribution >= 4 is 30.0 Å². The van der Waals surface area contributed by atoms with Crippen molar-refractivity contribution in [2.24, 2.45) is 0 Å². The van der Waals surface area contributed by atoms with E-state index in [1.807, 2.05) is 54.6 Å². The SMILES string of the molecule is O=COc1ccc(N(c2ccc(OC=O)cc2)c2ccc(-c3ccccc3)cc2)cc1. The first kappa shape index (κ1) is 19.9. The lowest BCUT2D eigenvalue weighted by Crippen LogP contribution is -2.09. The van der Waals surface area contributed by atoms with Crippen LogP contribution in [0.1, 0.15) is 0 Å². The molecule has 0 unspecified atom stereocenters. The van der Waals surface area contributed by atoms with Crippen molar-refractivity contribution in [2.75, 3.05) is 4.90 Å². The van der Waals surface area contributed by atoms with Gasteiger partial charge in [-0.3, -0.25) is 9.59 Å². The lowest BCUT2D eigenvalue weighted by atomic mass is 10.0. The molecule has 0 amide bonds. The number of hydrogen-bond acceptors (Lipinski definition) is 5. The normalized spacial score (nSPS) is 10.2. The number of carbonyl (C=O) groups excluding carboxylic acids is 2. The minimum atomic E-state index is 0.404. The van der Waals surface area contributed by atoms with Gasteiger partial charge in [-0.25, -0.2) is 0 Å². The van der Waals surface area contributed by atoms with Gasteiger partial charge in [0, 0.05) is 17.1 Å². The van der Waals surface area contributed by atoms with Crippen LogP contribution in [-0.2, 0) is 9.59 Å². The number of rotatable bonds is 8. The minimum absolute atomic E-state index is 0.404. The summed E-state index contributed by atoms with van der Waals surface area (Å²) < 4.78 is 9.82. The molecule has 0 aromatic heterocycles. The monoisotopic (exact) mass is 409 g/mol. The molecule has 31 heavy (non-hydrogen) atoms. The van der Waals surface area contributed by atoms with Crippen molar-refractivity contribution < 1.29 is 19.1 Å². The van der Waals surface area contributed by atoms with E-state index in [0.717, 1.165) is 28.2 Å². The second-order valence-corrected chi connectivity index (χ2v) is 6.66. The smallest absolute Gasteiger partial charge is 0.298 e. The standard InChI is InChI=1S/C26H19NO4/c28-18-30-25-14-10-23(11-15-25)27(24-12-16-26(17-13-24)31-19-29)22-8-6-21(7-9-22)20-4-2-1-3-5-20/h1-19H. The summed E-state index contributed by atoms with van der Waals surface area (Å²) in [6.07, 6.45) is 0. The maximum atomic E-state index is 10.6. The molecule has 0 atom stereocenters. The van der Waals surface area contributed by atoms with E-state index in [1.54, 1.807) is 24.3 Å². The molecule has 5 heteroatoms. The van der Waals surface area contributed by atoms with Crippen LogP contribution in [0.25, 0.3) is 11.1 Å². The number of anilines is 3. The first-order valence-corrected chi connectivity index (χ1v) is 9.65. The van der Waals surface area contributed by atoms with Gasteiger partial charge in [-0.1, -0.05) is 42.5 Å². The Labute approximate surface area is 180 Å². The molecular formula is C26H19NO4. The molecule has 0 saturated carbocycles. The molecule has 5 nitrogen and oxygen atoms in total. The summed E-state index contributed by atoms with van der Waals surface area (Å²) in [6.45, 7) is 0.807. The summed E-state index contributed by atoms with van der Waals surface area (Å²) in [7, 11) is 0. The van der Waals surface area contributed by atoms with Gasteiger partial charge in [-0.2, -0.15) is 0 Å². The third-order valence-electron chi connectivity index (χ3n) is 4.79. The molecule has 0 saturated heterocycles. The van der Waals surface area contributed by atoms with E-state index in [1.165, 1.54) is 0 Å². The van der Waals surface area contributed by atoms with Gasteiger partial charge in [-0.15, -0.1) is 0 Å². The molecule has 0 fully saturated rings. The molecule has 4 aromatic carbocycles. The zero-order valence-corrected chi connectivity index (χ0v) is 16.5. The van der Waals surface area contributed by atoms with Crippen molar-refractivity contribution in [2.45, 2.75) is 0 Å². The van der Waals surface area contributed by atoms with Crippen LogP contribution in [0.15, 0.2) is 103 Å². The number of nitrogens with zero attached hydrogens (tertiary/aromatic N) is 1. The van der Waals surface area contributed by atoms with E-state index in [-0.39, 0.29) is 0 Å². The Balaban J connectivity index is 1.72. The van der Waals surface area contributed by atoms with E-state index in [2.05, 4.69) is 29.2 Å². The molecule has 0 spiro atoms. The highest BCUT2D eigenvalue weighted by Gasteiger charge is 2.13. The summed E-state index contributed by atoms with van der Waals surface area (Å²) in [5, 5.41) is 0. The molecule has 0 bridgehead atoms. The van der Waals surface area contributed by atoms with E-state index in [9.17, 15) is 9.59 Å². The summed E-state index contributed by atoms with van der Waals surface area (Å²) in [6, 6.07) is 32.9. The number of ether oxygens (including phenoxy) is 2. The lowest BCUT2D eigenvalue weighted by molar-refractivity contribution is -0.121. The molecule has 0 heterocycles. The Hall–Kier alpha value is -4.38. The van der Waals surface area contributed by atoms with Crippen LogP contribution in [0.5, 0.6) is 11.5 Å². The highest BCUT2D eigenvalue weighted by atomic mass is 16.5. The molecule has 0 aliphatic rings. The van der Waals surface area contributed by atoms with Crippen molar-refractivity contribution in [3.8, 4) is 22.6 Å². The van der Waals surface area contributed by atoms with E-state index >= 15 is 0 Å². The fraction of sp³-hybridized carbons (Fsp3) is 0. The van der Waals surface area contributed by atoms with Gasteiger partial charge < -0.3 is 14.4 Å². The maximum absolute atomic E-state index is 10.6. The van der Waals surface area contributed by atoms with E-state index in [0.29, 0.717) is 24.4 Å². The topological polar surface area (TPSA) is 55.8 Å². The molecule has 0 N–H and O–H groups in total. The first-order valence-electron chi connectivity index (χ1n) is 9.65. The van der Waals surface area contributed by atoms with E-state index in [4.69, 9.17) is 9.47 Å². The van der Waals surface area contributed by atoms with Crippen LogP contribution < -0.4 is 14.4 Å². The Bertz CT molecular complexity index is 1090. The van der Waals surface area contributed by atoms with E-state index < -0.39 is 0 Å². The van der Waals surface area contributed by atoms with Crippen LogP contribution in [-0.4, -0.2) is 12.9 Å². The Morgan fingerprint density at radius 3 is 1.29 bits per heavy atom. The quantitative estimate of drug-likeness (QED) is 0.340. The van der Waals surface area contributed by atoms with Crippen LogP contribution in [0.3, 0.4) is 0 Å². The summed E-state index contributed by atoms with van der Waals surface area (Å²) >= 11 is 0. The van der Waals surface area contributed by atoms with Gasteiger partial charge >= 0.3 is 0 Å². The van der Waals surface area contributed by atoms with Gasteiger partial charge in [0.1, 0.15) is 11.5 Å². The average Bonchev–Trinajstić information content (AvgIpc) is 2.83. The fourth-order valence-corrected chi connectivity index (χ4v) is 3.34. The third-order valence-corrected chi connectivity index (χ3v) is 4.79. The highest BCUT2D eigenvalue weighted by molar-refractivity contribution is 5.78. The van der Waals surface area contributed by atoms with Crippen LogP contribution in [0.2, 0.25) is 0 Å². The van der Waals surface area contributed by atoms with Gasteiger partial charge in [0.05, 0.1) is 0 Å². The second kappa shape index (κ2) is 9.41. The van der Waals surface area contributed by atoms with Crippen molar-refractivity contribution in [3.63, 3.8) is 0 Å². The number of benzene rings is 4. The Morgan fingerprint density at radius 2 is 0.871 bits per heavy atom. The summed E-state index contributed by atoms with van der Waals surface area (Å²) in [5.74, 6) is 0.931.